The molecule has 2 aromatic rings. The largest absolute Gasteiger partial charge is 0.416 e. The van der Waals surface area contributed by atoms with Crippen LogP contribution in [0.5, 0.6) is 0 Å². The van der Waals surface area contributed by atoms with E-state index in [0.717, 1.165) is 21.8 Å². The molecule has 0 aromatic heterocycles. The molecule has 8 heteroatoms. The molecule has 0 atom stereocenters. The van der Waals surface area contributed by atoms with Crippen molar-refractivity contribution < 1.29 is 18.0 Å². The van der Waals surface area contributed by atoms with Gasteiger partial charge in [0, 0.05) is 9.26 Å². The van der Waals surface area contributed by atoms with Crippen LogP contribution in [0.1, 0.15) is 5.56 Å². The topological polar surface area (TPSA) is 41.1 Å². The molecular formula is C14H9ClF3IN2O. The Morgan fingerprint density at radius 1 is 1.05 bits per heavy atom. The Morgan fingerprint density at radius 3 is 2.27 bits per heavy atom. The molecule has 0 radical (unpaired) electrons. The minimum Gasteiger partial charge on any atom is -0.308 e. The normalized spacial score (nSPS) is 11.1. The van der Waals surface area contributed by atoms with Crippen LogP contribution in [0.25, 0.3) is 0 Å². The number of hydrogen-bond acceptors (Lipinski definition) is 1. The molecule has 0 spiro atoms. The van der Waals surface area contributed by atoms with Gasteiger partial charge in [0.2, 0.25) is 0 Å². The van der Waals surface area contributed by atoms with Gasteiger partial charge in [0.05, 0.1) is 16.3 Å². The summed E-state index contributed by atoms with van der Waals surface area (Å²) in [7, 11) is 0. The molecule has 0 aliphatic carbocycles. The number of benzene rings is 2. The molecule has 22 heavy (non-hydrogen) atoms. The van der Waals surface area contributed by atoms with Crippen LogP contribution in [0, 0.1) is 3.57 Å². The highest BCUT2D eigenvalue weighted by molar-refractivity contribution is 14.1. The van der Waals surface area contributed by atoms with E-state index >= 15 is 0 Å². The first-order valence-electron chi connectivity index (χ1n) is 5.96. The molecule has 0 bridgehead atoms. The minimum absolute atomic E-state index is 0.0192. The molecule has 2 amide bonds. The fourth-order valence-electron chi connectivity index (χ4n) is 1.62. The van der Waals surface area contributed by atoms with E-state index < -0.39 is 17.8 Å². The molecule has 0 saturated heterocycles. The molecule has 3 nitrogen and oxygen atoms in total. The van der Waals surface area contributed by atoms with Crippen LogP contribution < -0.4 is 10.6 Å². The Labute approximate surface area is 143 Å². The van der Waals surface area contributed by atoms with Crippen molar-refractivity contribution in [2.75, 3.05) is 10.6 Å². The first-order valence-corrected chi connectivity index (χ1v) is 7.42. The van der Waals surface area contributed by atoms with E-state index in [0.29, 0.717) is 5.69 Å². The Hall–Kier alpha value is -1.48. The van der Waals surface area contributed by atoms with Gasteiger partial charge in [0.25, 0.3) is 0 Å². The molecule has 0 aliphatic heterocycles. The monoisotopic (exact) mass is 440 g/mol. The first kappa shape index (κ1) is 16.9. The maximum Gasteiger partial charge on any atom is 0.416 e. The van der Waals surface area contributed by atoms with E-state index in [-0.39, 0.29) is 10.7 Å². The van der Waals surface area contributed by atoms with Crippen molar-refractivity contribution in [3.63, 3.8) is 0 Å². The van der Waals surface area contributed by atoms with Crippen LogP contribution in [-0.2, 0) is 6.18 Å². The number of hydrogen-bond donors (Lipinski definition) is 2. The molecule has 2 aromatic carbocycles. The smallest absolute Gasteiger partial charge is 0.308 e. The van der Waals surface area contributed by atoms with E-state index in [1.165, 1.54) is 0 Å². The molecule has 116 valence electrons. The summed E-state index contributed by atoms with van der Waals surface area (Å²) in [5.74, 6) is 0. The third-order valence-electron chi connectivity index (χ3n) is 2.64. The third kappa shape index (κ3) is 4.51. The van der Waals surface area contributed by atoms with Crippen LogP contribution in [0.3, 0.4) is 0 Å². The molecule has 0 heterocycles. The number of rotatable bonds is 2. The van der Waals surface area contributed by atoms with Crippen LogP contribution in [0.15, 0.2) is 42.5 Å². The van der Waals surface area contributed by atoms with Crippen LogP contribution in [-0.4, -0.2) is 6.03 Å². The SMILES string of the molecule is O=C(Nc1ccc(I)cc1)Nc1cc(C(F)(F)F)ccc1Cl. The zero-order valence-electron chi connectivity index (χ0n) is 10.8. The van der Waals surface area contributed by atoms with Gasteiger partial charge in [-0.15, -0.1) is 0 Å². The van der Waals surface area contributed by atoms with Gasteiger partial charge in [-0.3, -0.25) is 0 Å². The Balaban J connectivity index is 2.12. The summed E-state index contributed by atoms with van der Waals surface area (Å²) in [5.41, 5.74) is -0.484. The summed E-state index contributed by atoms with van der Waals surface area (Å²) in [4.78, 5) is 11.8. The van der Waals surface area contributed by atoms with Gasteiger partial charge in [-0.1, -0.05) is 11.6 Å². The van der Waals surface area contributed by atoms with Crippen molar-refractivity contribution in [2.24, 2.45) is 0 Å². The summed E-state index contributed by atoms with van der Waals surface area (Å²) < 4.78 is 38.9. The van der Waals surface area contributed by atoms with Crippen molar-refractivity contribution in [2.45, 2.75) is 6.18 Å². The van der Waals surface area contributed by atoms with Crippen molar-refractivity contribution in [1.29, 1.82) is 0 Å². The maximum absolute atomic E-state index is 12.6. The third-order valence-corrected chi connectivity index (χ3v) is 3.69. The van der Waals surface area contributed by atoms with Gasteiger partial charge in [0.1, 0.15) is 0 Å². The van der Waals surface area contributed by atoms with E-state index in [1.807, 2.05) is 0 Å². The van der Waals surface area contributed by atoms with Crippen molar-refractivity contribution >= 4 is 51.6 Å². The van der Waals surface area contributed by atoms with Crippen LogP contribution in [0.2, 0.25) is 5.02 Å². The van der Waals surface area contributed by atoms with E-state index in [2.05, 4.69) is 33.2 Å². The van der Waals surface area contributed by atoms with Gasteiger partial charge in [-0.25, -0.2) is 4.79 Å². The molecule has 0 aliphatic rings. The lowest BCUT2D eigenvalue weighted by molar-refractivity contribution is -0.137. The highest BCUT2D eigenvalue weighted by Gasteiger charge is 2.31. The average molecular weight is 441 g/mol. The van der Waals surface area contributed by atoms with Crippen LogP contribution in [0.4, 0.5) is 29.3 Å². The number of alkyl halides is 3. The Morgan fingerprint density at radius 2 is 1.68 bits per heavy atom. The molecule has 0 unspecified atom stereocenters. The van der Waals surface area contributed by atoms with Crippen LogP contribution >= 0.6 is 34.2 Å². The zero-order chi connectivity index (χ0) is 16.3. The summed E-state index contributed by atoms with van der Waals surface area (Å²) in [5, 5.41) is 4.83. The summed E-state index contributed by atoms with van der Waals surface area (Å²) >= 11 is 7.92. The Bertz CT molecular complexity index is 689. The molecule has 0 saturated carbocycles. The Kier molecular flexibility index (Phi) is 5.17. The molecule has 2 N–H and O–H groups in total. The molecule has 0 fully saturated rings. The summed E-state index contributed by atoms with van der Waals surface area (Å²) in [6.07, 6.45) is -4.51. The van der Waals surface area contributed by atoms with E-state index in [9.17, 15) is 18.0 Å². The maximum atomic E-state index is 12.6. The predicted molar refractivity (Wildman–Crippen MR) is 88.3 cm³/mol. The number of amides is 2. The number of carbonyl (C=O) groups excluding carboxylic acids is 1. The number of anilines is 2. The summed E-state index contributed by atoms with van der Waals surface area (Å²) in [6.45, 7) is 0. The fourth-order valence-corrected chi connectivity index (χ4v) is 2.14. The minimum atomic E-state index is -4.51. The van der Waals surface area contributed by atoms with Crippen molar-refractivity contribution in [3.8, 4) is 0 Å². The lowest BCUT2D eigenvalue weighted by atomic mass is 10.2. The second-order valence-electron chi connectivity index (χ2n) is 4.28. The standard InChI is InChI=1S/C14H9ClF3IN2O/c15-11-6-1-8(14(16,17)18)7-12(11)21-13(22)20-10-4-2-9(19)3-5-10/h1-7H,(H2,20,21,22). The number of nitrogens with one attached hydrogen (secondary N) is 2. The van der Waals surface area contributed by atoms with Gasteiger partial charge in [-0.2, -0.15) is 13.2 Å². The predicted octanol–water partition coefficient (Wildman–Crippen LogP) is 5.61. The second kappa shape index (κ2) is 6.74. The zero-order valence-corrected chi connectivity index (χ0v) is 13.8. The van der Waals surface area contributed by atoms with Gasteiger partial charge < -0.3 is 10.6 Å². The lowest BCUT2D eigenvalue weighted by Gasteiger charge is -2.12. The van der Waals surface area contributed by atoms with E-state index in [1.54, 1.807) is 24.3 Å². The average Bonchev–Trinajstić information content (AvgIpc) is 2.42. The quantitative estimate of drug-likeness (QED) is 0.586. The molecular weight excluding hydrogens is 432 g/mol. The highest BCUT2D eigenvalue weighted by Crippen LogP contribution is 2.33. The highest BCUT2D eigenvalue weighted by atomic mass is 127. The first-order chi connectivity index (χ1) is 10.3. The second-order valence-corrected chi connectivity index (χ2v) is 5.93. The lowest BCUT2D eigenvalue weighted by Crippen LogP contribution is -2.20. The number of urea groups is 1. The van der Waals surface area contributed by atoms with Crippen molar-refractivity contribution in [1.82, 2.24) is 0 Å². The number of carbonyl (C=O) groups is 1. The fraction of sp³-hybridized carbons (Fsp3) is 0.0714. The van der Waals surface area contributed by atoms with Gasteiger partial charge in [0.15, 0.2) is 0 Å². The van der Waals surface area contributed by atoms with Crippen molar-refractivity contribution in [3.05, 3.63) is 56.6 Å². The summed E-state index contributed by atoms with van der Waals surface area (Å²) in [6, 6.07) is 8.97. The molecule has 2 rings (SSSR count). The van der Waals surface area contributed by atoms with Gasteiger partial charge >= 0.3 is 12.2 Å². The van der Waals surface area contributed by atoms with E-state index in [4.69, 9.17) is 11.6 Å². The van der Waals surface area contributed by atoms with Gasteiger partial charge in [-0.05, 0) is 65.1 Å². The number of halogens is 5.